The Morgan fingerprint density at radius 2 is 0.892 bits per heavy atom. The van der Waals surface area contributed by atoms with Crippen molar-refractivity contribution in [1.29, 1.82) is 0 Å². The molecule has 37 heavy (non-hydrogen) atoms. The number of hydrogen-bond donors (Lipinski definition) is 0. The SMILES string of the molecule is CCCCCCCCCCCCCCCCOC(=O)CCCC(=O)OCc1c(F)c(F)c(F)c(F)c1F. The molecule has 0 aliphatic heterocycles. The Balaban J connectivity index is 2.00. The zero-order valence-electron chi connectivity index (χ0n) is 22.0. The Kier molecular flexibility index (Phi) is 17.6. The normalized spacial score (nSPS) is 11.1. The monoisotopic (exact) mass is 536 g/mol. The first-order chi connectivity index (χ1) is 17.8. The van der Waals surface area contributed by atoms with Gasteiger partial charge in [0.2, 0.25) is 5.82 Å². The molecular formula is C28H41F5O4. The number of benzene rings is 1. The molecule has 0 N–H and O–H groups in total. The third-order valence-electron chi connectivity index (χ3n) is 6.20. The van der Waals surface area contributed by atoms with Crippen molar-refractivity contribution in [3.63, 3.8) is 0 Å². The van der Waals surface area contributed by atoms with Gasteiger partial charge in [-0.15, -0.1) is 0 Å². The van der Waals surface area contributed by atoms with Crippen LogP contribution >= 0.6 is 0 Å². The van der Waals surface area contributed by atoms with Crippen molar-refractivity contribution in [3.8, 4) is 0 Å². The Morgan fingerprint density at radius 3 is 1.35 bits per heavy atom. The first-order valence-electron chi connectivity index (χ1n) is 13.6. The van der Waals surface area contributed by atoms with Crippen LogP contribution in [0.2, 0.25) is 0 Å². The Bertz CT molecular complexity index is 787. The quantitative estimate of drug-likeness (QED) is 0.0519. The van der Waals surface area contributed by atoms with Crippen LogP contribution in [-0.4, -0.2) is 18.5 Å². The lowest BCUT2D eigenvalue weighted by Crippen LogP contribution is -2.12. The van der Waals surface area contributed by atoms with E-state index < -0.39 is 53.2 Å². The van der Waals surface area contributed by atoms with E-state index in [-0.39, 0.29) is 19.3 Å². The number of rotatable bonds is 21. The van der Waals surface area contributed by atoms with Crippen LogP contribution in [0.1, 0.15) is 122 Å². The van der Waals surface area contributed by atoms with E-state index >= 15 is 0 Å². The summed E-state index contributed by atoms with van der Waals surface area (Å²) < 4.78 is 76.2. The summed E-state index contributed by atoms with van der Waals surface area (Å²) in [7, 11) is 0. The van der Waals surface area contributed by atoms with Gasteiger partial charge < -0.3 is 9.47 Å². The molecule has 0 saturated heterocycles. The van der Waals surface area contributed by atoms with E-state index in [1.165, 1.54) is 70.6 Å². The van der Waals surface area contributed by atoms with E-state index in [0.717, 1.165) is 19.3 Å². The number of carbonyl (C=O) groups excluding carboxylic acids is 2. The van der Waals surface area contributed by atoms with Gasteiger partial charge in [0.05, 0.1) is 12.2 Å². The summed E-state index contributed by atoms with van der Waals surface area (Å²) in [4.78, 5) is 23.4. The molecule has 0 fully saturated rings. The summed E-state index contributed by atoms with van der Waals surface area (Å²) in [5.41, 5.74) is -1.22. The Morgan fingerprint density at radius 1 is 0.514 bits per heavy atom. The van der Waals surface area contributed by atoms with E-state index in [4.69, 9.17) is 4.74 Å². The zero-order chi connectivity index (χ0) is 27.5. The molecule has 0 bridgehead atoms. The molecule has 1 aromatic rings. The molecule has 0 aliphatic carbocycles. The fourth-order valence-electron chi connectivity index (χ4n) is 3.93. The zero-order valence-corrected chi connectivity index (χ0v) is 22.0. The van der Waals surface area contributed by atoms with Gasteiger partial charge in [-0.1, -0.05) is 90.4 Å². The third-order valence-corrected chi connectivity index (χ3v) is 6.20. The first kappa shape index (κ1) is 32.8. The predicted molar refractivity (Wildman–Crippen MR) is 131 cm³/mol. The molecule has 1 aromatic carbocycles. The highest BCUT2D eigenvalue weighted by Crippen LogP contribution is 2.23. The molecule has 0 aliphatic rings. The lowest BCUT2D eigenvalue weighted by Gasteiger charge is -2.09. The van der Waals surface area contributed by atoms with Crippen LogP contribution in [0.4, 0.5) is 22.0 Å². The van der Waals surface area contributed by atoms with Crippen molar-refractivity contribution in [1.82, 2.24) is 0 Å². The molecule has 0 atom stereocenters. The molecule has 9 heteroatoms. The average molecular weight is 537 g/mol. The molecule has 0 radical (unpaired) electrons. The molecule has 212 valence electrons. The van der Waals surface area contributed by atoms with Gasteiger partial charge in [-0.3, -0.25) is 9.59 Å². The second-order valence-corrected chi connectivity index (χ2v) is 9.38. The molecule has 0 spiro atoms. The molecule has 0 aromatic heterocycles. The standard InChI is InChI=1S/C28H41F5O4/c1-2-3-4-5-6-7-8-9-10-11-12-13-14-15-19-36-22(34)17-16-18-23(35)37-20-21-24(29)26(31)28(33)27(32)25(21)30/h2-20H2,1H3. The maximum Gasteiger partial charge on any atom is 0.306 e. The van der Waals surface area contributed by atoms with E-state index in [0.29, 0.717) is 6.61 Å². The van der Waals surface area contributed by atoms with Gasteiger partial charge in [0.25, 0.3) is 0 Å². The van der Waals surface area contributed by atoms with Gasteiger partial charge in [-0.2, -0.15) is 0 Å². The lowest BCUT2D eigenvalue weighted by molar-refractivity contribution is -0.146. The first-order valence-corrected chi connectivity index (χ1v) is 13.6. The summed E-state index contributed by atoms with van der Waals surface area (Å²) in [5.74, 6) is -12.0. The number of esters is 2. The molecule has 1 rings (SSSR count). The average Bonchev–Trinajstić information content (AvgIpc) is 2.88. The molecule has 4 nitrogen and oxygen atoms in total. The van der Waals surface area contributed by atoms with Crippen LogP contribution in [0.3, 0.4) is 0 Å². The van der Waals surface area contributed by atoms with Gasteiger partial charge in [0.1, 0.15) is 6.61 Å². The van der Waals surface area contributed by atoms with Crippen LogP contribution < -0.4 is 0 Å². The highest BCUT2D eigenvalue weighted by atomic mass is 19.2. The van der Waals surface area contributed by atoms with E-state index in [2.05, 4.69) is 11.7 Å². The minimum atomic E-state index is -2.28. The van der Waals surface area contributed by atoms with Gasteiger partial charge in [-0.05, 0) is 12.8 Å². The van der Waals surface area contributed by atoms with Crippen molar-refractivity contribution >= 4 is 11.9 Å². The van der Waals surface area contributed by atoms with Crippen LogP contribution in [0, 0.1) is 29.1 Å². The van der Waals surface area contributed by atoms with Crippen LogP contribution in [0.25, 0.3) is 0 Å². The smallest absolute Gasteiger partial charge is 0.306 e. The van der Waals surface area contributed by atoms with Crippen molar-refractivity contribution in [3.05, 3.63) is 34.6 Å². The van der Waals surface area contributed by atoms with Crippen LogP contribution in [-0.2, 0) is 25.7 Å². The predicted octanol–water partition coefficient (Wildman–Crippen LogP) is 8.62. The number of carbonyl (C=O) groups is 2. The maximum atomic E-state index is 13.6. The maximum absolute atomic E-state index is 13.6. The van der Waals surface area contributed by atoms with Crippen LogP contribution in [0.5, 0.6) is 0 Å². The fraction of sp³-hybridized carbons (Fsp3) is 0.714. The number of ether oxygens (including phenoxy) is 2. The van der Waals surface area contributed by atoms with Crippen molar-refractivity contribution in [2.24, 2.45) is 0 Å². The van der Waals surface area contributed by atoms with Gasteiger partial charge in [0.15, 0.2) is 23.3 Å². The van der Waals surface area contributed by atoms with Gasteiger partial charge in [0, 0.05) is 12.8 Å². The van der Waals surface area contributed by atoms with Crippen molar-refractivity contribution in [2.75, 3.05) is 6.61 Å². The van der Waals surface area contributed by atoms with Gasteiger partial charge in [-0.25, -0.2) is 22.0 Å². The minimum absolute atomic E-state index is 0.0454. The molecule has 0 heterocycles. The Hall–Kier alpha value is -2.19. The third kappa shape index (κ3) is 13.8. The minimum Gasteiger partial charge on any atom is -0.466 e. The number of unbranched alkanes of at least 4 members (excludes halogenated alkanes) is 13. The molecule has 0 amide bonds. The van der Waals surface area contributed by atoms with E-state index in [1.807, 2.05) is 0 Å². The molecule has 0 unspecified atom stereocenters. The van der Waals surface area contributed by atoms with E-state index in [1.54, 1.807) is 0 Å². The highest BCUT2D eigenvalue weighted by molar-refractivity contribution is 5.72. The highest BCUT2D eigenvalue weighted by Gasteiger charge is 2.26. The number of halogens is 5. The van der Waals surface area contributed by atoms with E-state index in [9.17, 15) is 31.5 Å². The van der Waals surface area contributed by atoms with Gasteiger partial charge >= 0.3 is 11.9 Å². The Labute approximate surface area is 217 Å². The summed E-state index contributed by atoms with van der Waals surface area (Å²) in [6, 6.07) is 0. The largest absolute Gasteiger partial charge is 0.466 e. The second kappa shape index (κ2) is 19.9. The second-order valence-electron chi connectivity index (χ2n) is 9.38. The summed E-state index contributed by atoms with van der Waals surface area (Å²) in [5, 5.41) is 0. The van der Waals surface area contributed by atoms with Crippen LogP contribution in [0.15, 0.2) is 0 Å². The number of hydrogen-bond acceptors (Lipinski definition) is 4. The molecule has 0 saturated carbocycles. The van der Waals surface area contributed by atoms with Crippen molar-refractivity contribution in [2.45, 2.75) is 123 Å². The molecular weight excluding hydrogens is 495 g/mol. The summed E-state index contributed by atoms with van der Waals surface area (Å²) >= 11 is 0. The topological polar surface area (TPSA) is 52.6 Å². The summed E-state index contributed by atoms with van der Waals surface area (Å²) in [6.45, 7) is 1.44. The van der Waals surface area contributed by atoms with Crippen molar-refractivity contribution < 1.29 is 41.0 Å². The lowest BCUT2D eigenvalue weighted by atomic mass is 10.0. The summed E-state index contributed by atoms with van der Waals surface area (Å²) in [6.07, 6.45) is 17.0. The fourth-order valence-corrected chi connectivity index (χ4v) is 3.93.